The maximum Gasteiger partial charge on any atom is 0.278 e. The fourth-order valence-corrected chi connectivity index (χ4v) is 3.15. The smallest absolute Gasteiger partial charge is 0.278 e. The number of hydrogen-bond acceptors (Lipinski definition) is 6. The Morgan fingerprint density at radius 1 is 1.04 bits per heavy atom. The van der Waals surface area contributed by atoms with Crippen molar-refractivity contribution >= 4 is 11.8 Å². The van der Waals surface area contributed by atoms with E-state index in [1.807, 2.05) is 6.07 Å². The van der Waals surface area contributed by atoms with E-state index in [2.05, 4.69) is 20.6 Å². The molecule has 1 fully saturated rings. The van der Waals surface area contributed by atoms with E-state index in [9.17, 15) is 9.59 Å². The molecular formula is C20H24N4O4. The van der Waals surface area contributed by atoms with Crippen molar-refractivity contribution in [2.24, 2.45) is 0 Å². The van der Waals surface area contributed by atoms with Gasteiger partial charge in [-0.05, 0) is 37.8 Å². The summed E-state index contributed by atoms with van der Waals surface area (Å²) in [6, 6.07) is 8.90. The molecule has 0 unspecified atom stereocenters. The third kappa shape index (κ3) is 5.42. The first-order chi connectivity index (χ1) is 13.7. The van der Waals surface area contributed by atoms with E-state index in [0.29, 0.717) is 17.3 Å². The van der Waals surface area contributed by atoms with E-state index >= 15 is 0 Å². The van der Waals surface area contributed by atoms with Crippen molar-refractivity contribution < 1.29 is 19.1 Å². The van der Waals surface area contributed by atoms with Crippen LogP contribution in [0, 0.1) is 0 Å². The highest BCUT2D eigenvalue weighted by atomic mass is 16.5. The van der Waals surface area contributed by atoms with Crippen LogP contribution in [0.25, 0.3) is 0 Å². The Labute approximate surface area is 163 Å². The second kappa shape index (κ2) is 9.68. The molecule has 1 saturated carbocycles. The third-order valence-corrected chi connectivity index (χ3v) is 4.59. The van der Waals surface area contributed by atoms with E-state index in [-0.39, 0.29) is 30.5 Å². The van der Waals surface area contributed by atoms with Crippen LogP contribution in [0.5, 0.6) is 11.8 Å². The summed E-state index contributed by atoms with van der Waals surface area (Å²) in [5.41, 5.74) is 0.535. The number of benzene rings is 1. The van der Waals surface area contributed by atoms with Gasteiger partial charge < -0.3 is 20.1 Å². The summed E-state index contributed by atoms with van der Waals surface area (Å²) >= 11 is 0. The summed E-state index contributed by atoms with van der Waals surface area (Å²) < 4.78 is 11.0. The molecule has 1 heterocycles. The van der Waals surface area contributed by atoms with Crippen molar-refractivity contribution in [2.45, 2.75) is 37.8 Å². The molecule has 3 rings (SSSR count). The van der Waals surface area contributed by atoms with Crippen LogP contribution in [0.2, 0.25) is 0 Å². The molecule has 2 amide bonds. The zero-order chi connectivity index (χ0) is 19.8. The molecule has 1 aromatic carbocycles. The maximum atomic E-state index is 12.1. The molecule has 0 bridgehead atoms. The molecule has 2 aromatic rings. The van der Waals surface area contributed by atoms with E-state index in [0.717, 1.165) is 25.7 Å². The van der Waals surface area contributed by atoms with Crippen molar-refractivity contribution in [1.29, 1.82) is 0 Å². The lowest BCUT2D eigenvalue weighted by atomic mass is 9.93. The van der Waals surface area contributed by atoms with Gasteiger partial charge in [0.25, 0.3) is 17.7 Å². The van der Waals surface area contributed by atoms with Gasteiger partial charge in [0.15, 0.2) is 0 Å². The molecule has 1 aromatic heterocycles. The Kier molecular flexibility index (Phi) is 6.78. The van der Waals surface area contributed by atoms with Gasteiger partial charge in [-0.25, -0.2) is 9.97 Å². The minimum atomic E-state index is -0.259. The molecule has 0 atom stereocenters. The number of hydrogen-bond donors (Lipinski definition) is 2. The summed E-state index contributed by atoms with van der Waals surface area (Å²) in [6.45, 7) is -0.0407. The molecule has 28 heavy (non-hydrogen) atoms. The van der Waals surface area contributed by atoms with Crippen molar-refractivity contribution in [3.63, 3.8) is 0 Å². The van der Waals surface area contributed by atoms with Crippen molar-refractivity contribution in [2.75, 3.05) is 13.7 Å². The Bertz CT molecular complexity index is 792. The van der Waals surface area contributed by atoms with Crippen molar-refractivity contribution in [1.82, 2.24) is 20.6 Å². The topological polar surface area (TPSA) is 102 Å². The van der Waals surface area contributed by atoms with Gasteiger partial charge in [0.05, 0.1) is 13.7 Å². The lowest BCUT2D eigenvalue weighted by Gasteiger charge is -2.29. The predicted molar refractivity (Wildman–Crippen MR) is 102 cm³/mol. The molecule has 0 aliphatic heterocycles. The first kappa shape index (κ1) is 19.6. The lowest BCUT2D eigenvalue weighted by molar-refractivity contribution is -0.121. The number of carbonyl (C=O) groups excluding carboxylic acids is 2. The SMILES string of the molecule is COc1nccnc1OC1CCC(NC(=O)CNC(=O)c2ccccc2)CC1. The van der Waals surface area contributed by atoms with Gasteiger partial charge in [-0.15, -0.1) is 0 Å². The maximum absolute atomic E-state index is 12.1. The second-order valence-electron chi connectivity index (χ2n) is 6.58. The average molecular weight is 384 g/mol. The highest BCUT2D eigenvalue weighted by Gasteiger charge is 2.25. The Balaban J connectivity index is 1.39. The number of carbonyl (C=O) groups is 2. The fraction of sp³-hybridized carbons (Fsp3) is 0.400. The molecule has 0 saturated heterocycles. The summed E-state index contributed by atoms with van der Waals surface area (Å²) in [7, 11) is 1.53. The standard InChI is InChI=1S/C20H24N4O4/c1-27-19-20(22-12-11-21-19)28-16-9-7-15(8-10-16)24-17(25)13-23-18(26)14-5-3-2-4-6-14/h2-6,11-12,15-16H,7-10,13H2,1H3,(H,23,26)(H,24,25). The van der Waals surface area contributed by atoms with Gasteiger partial charge >= 0.3 is 0 Å². The van der Waals surface area contributed by atoms with Crippen molar-refractivity contribution in [3.05, 3.63) is 48.3 Å². The average Bonchev–Trinajstić information content (AvgIpc) is 2.74. The minimum absolute atomic E-state index is 0.0107. The summed E-state index contributed by atoms with van der Waals surface area (Å²) in [6.07, 6.45) is 6.30. The Morgan fingerprint density at radius 2 is 1.71 bits per heavy atom. The molecule has 1 aliphatic carbocycles. The second-order valence-corrected chi connectivity index (χ2v) is 6.58. The minimum Gasteiger partial charge on any atom is -0.477 e. The number of amides is 2. The largest absolute Gasteiger partial charge is 0.477 e. The first-order valence-corrected chi connectivity index (χ1v) is 9.30. The number of aromatic nitrogens is 2. The van der Waals surface area contributed by atoms with E-state index in [4.69, 9.17) is 9.47 Å². The number of ether oxygens (including phenoxy) is 2. The van der Waals surface area contributed by atoms with Crippen LogP contribution in [0.4, 0.5) is 0 Å². The van der Waals surface area contributed by atoms with Crippen LogP contribution in [0.3, 0.4) is 0 Å². The highest BCUT2D eigenvalue weighted by molar-refractivity contribution is 5.96. The van der Waals surface area contributed by atoms with Gasteiger partial charge in [0.2, 0.25) is 5.91 Å². The lowest BCUT2D eigenvalue weighted by Crippen LogP contribution is -2.44. The van der Waals surface area contributed by atoms with Gasteiger partial charge in [-0.2, -0.15) is 0 Å². The van der Waals surface area contributed by atoms with Crippen LogP contribution in [0.15, 0.2) is 42.7 Å². The zero-order valence-corrected chi connectivity index (χ0v) is 15.8. The van der Waals surface area contributed by atoms with Crippen LogP contribution < -0.4 is 20.1 Å². The van der Waals surface area contributed by atoms with E-state index < -0.39 is 0 Å². The van der Waals surface area contributed by atoms with Gasteiger partial charge in [0.1, 0.15) is 6.10 Å². The molecule has 0 spiro atoms. The summed E-state index contributed by atoms with van der Waals surface area (Å²) in [5.74, 6) is 0.309. The highest BCUT2D eigenvalue weighted by Crippen LogP contribution is 2.27. The molecule has 1 aliphatic rings. The van der Waals surface area contributed by atoms with Crippen LogP contribution >= 0.6 is 0 Å². The quantitative estimate of drug-likeness (QED) is 0.754. The zero-order valence-electron chi connectivity index (χ0n) is 15.8. The molecule has 148 valence electrons. The van der Waals surface area contributed by atoms with Gasteiger partial charge in [-0.1, -0.05) is 18.2 Å². The number of nitrogens with one attached hydrogen (secondary N) is 2. The Hall–Kier alpha value is -3.16. The molecular weight excluding hydrogens is 360 g/mol. The van der Waals surface area contributed by atoms with Gasteiger partial charge in [-0.3, -0.25) is 9.59 Å². The molecule has 8 heteroatoms. The third-order valence-electron chi connectivity index (χ3n) is 4.59. The van der Waals surface area contributed by atoms with Crippen LogP contribution in [-0.4, -0.2) is 47.6 Å². The monoisotopic (exact) mass is 384 g/mol. The molecule has 8 nitrogen and oxygen atoms in total. The van der Waals surface area contributed by atoms with E-state index in [1.165, 1.54) is 7.11 Å². The summed E-state index contributed by atoms with van der Waals surface area (Å²) in [5, 5.41) is 5.61. The normalized spacial score (nSPS) is 18.8. The molecule has 0 radical (unpaired) electrons. The summed E-state index contributed by atoms with van der Waals surface area (Å²) in [4.78, 5) is 32.3. The Morgan fingerprint density at radius 3 is 2.39 bits per heavy atom. The number of nitrogens with zero attached hydrogens (tertiary/aromatic N) is 2. The van der Waals surface area contributed by atoms with Crippen LogP contribution in [0.1, 0.15) is 36.0 Å². The molecule has 2 N–H and O–H groups in total. The fourth-order valence-electron chi connectivity index (χ4n) is 3.15. The number of rotatable bonds is 7. The van der Waals surface area contributed by atoms with E-state index in [1.54, 1.807) is 36.7 Å². The van der Waals surface area contributed by atoms with Crippen molar-refractivity contribution in [3.8, 4) is 11.8 Å². The number of methoxy groups -OCH3 is 1. The van der Waals surface area contributed by atoms with Crippen LogP contribution in [-0.2, 0) is 4.79 Å². The predicted octanol–water partition coefficient (Wildman–Crippen LogP) is 1.72. The first-order valence-electron chi connectivity index (χ1n) is 9.30. The van der Waals surface area contributed by atoms with Gasteiger partial charge in [0, 0.05) is 24.0 Å².